The van der Waals surface area contributed by atoms with Gasteiger partial charge in [-0.05, 0) is 47.9 Å². The van der Waals surface area contributed by atoms with Gasteiger partial charge in [-0.2, -0.15) is 5.10 Å². The van der Waals surface area contributed by atoms with Gasteiger partial charge in [-0.3, -0.25) is 0 Å². The van der Waals surface area contributed by atoms with Crippen molar-refractivity contribution in [3.63, 3.8) is 0 Å². The molecule has 0 spiro atoms. The van der Waals surface area contributed by atoms with Crippen molar-refractivity contribution in [2.24, 2.45) is 11.0 Å². The van der Waals surface area contributed by atoms with Crippen LogP contribution in [0.3, 0.4) is 0 Å². The largest absolute Gasteiger partial charge is 0.573 e. The number of ether oxygens (including phenoxy) is 1. The highest BCUT2D eigenvalue weighted by atomic mass is 35.5. The van der Waals surface area contributed by atoms with Crippen molar-refractivity contribution >= 4 is 17.3 Å². The SMILES string of the molecule is CCC1C(c2ccc(OC(F)(F)F)cc2)=NNC1c1ccc(Cl)nc1. The summed E-state index contributed by atoms with van der Waals surface area (Å²) in [7, 11) is 0. The van der Waals surface area contributed by atoms with E-state index in [4.69, 9.17) is 11.6 Å². The van der Waals surface area contributed by atoms with Gasteiger partial charge in [0.05, 0.1) is 11.8 Å². The number of rotatable bonds is 4. The quantitative estimate of drug-likeness (QED) is 0.794. The first-order valence-corrected chi connectivity index (χ1v) is 8.06. The molecule has 1 aliphatic rings. The smallest absolute Gasteiger partial charge is 0.406 e. The van der Waals surface area contributed by atoms with E-state index in [2.05, 4.69) is 20.2 Å². The van der Waals surface area contributed by atoms with Crippen molar-refractivity contribution < 1.29 is 17.9 Å². The van der Waals surface area contributed by atoms with Crippen LogP contribution >= 0.6 is 11.6 Å². The Morgan fingerprint density at radius 3 is 2.44 bits per heavy atom. The summed E-state index contributed by atoms with van der Waals surface area (Å²) in [5.74, 6) is -0.188. The molecule has 1 aliphatic heterocycles. The molecule has 2 atom stereocenters. The van der Waals surface area contributed by atoms with Gasteiger partial charge in [0.1, 0.15) is 10.9 Å². The first-order valence-electron chi connectivity index (χ1n) is 7.68. The Morgan fingerprint density at radius 1 is 1.16 bits per heavy atom. The number of nitrogens with one attached hydrogen (secondary N) is 1. The third-order valence-electron chi connectivity index (χ3n) is 4.01. The van der Waals surface area contributed by atoms with E-state index in [1.165, 1.54) is 12.1 Å². The molecule has 132 valence electrons. The van der Waals surface area contributed by atoms with Crippen LogP contribution in [0.2, 0.25) is 5.15 Å². The Kier molecular flexibility index (Phi) is 4.85. The van der Waals surface area contributed by atoms with Gasteiger partial charge < -0.3 is 10.2 Å². The van der Waals surface area contributed by atoms with E-state index < -0.39 is 6.36 Å². The summed E-state index contributed by atoms with van der Waals surface area (Å²) in [6.07, 6.45) is -2.20. The molecule has 3 rings (SSSR count). The van der Waals surface area contributed by atoms with Gasteiger partial charge in [0.15, 0.2) is 0 Å². The maximum atomic E-state index is 12.3. The van der Waals surface area contributed by atoms with Crippen molar-refractivity contribution in [3.05, 3.63) is 58.9 Å². The van der Waals surface area contributed by atoms with Crippen LogP contribution < -0.4 is 10.2 Å². The molecule has 0 saturated heterocycles. The summed E-state index contributed by atoms with van der Waals surface area (Å²) in [4.78, 5) is 4.09. The summed E-state index contributed by atoms with van der Waals surface area (Å²) < 4.78 is 40.7. The van der Waals surface area contributed by atoms with E-state index in [9.17, 15) is 13.2 Å². The maximum Gasteiger partial charge on any atom is 0.573 e. The summed E-state index contributed by atoms with van der Waals surface area (Å²) in [5, 5.41) is 4.80. The van der Waals surface area contributed by atoms with Crippen LogP contribution in [0.1, 0.15) is 30.5 Å². The molecule has 25 heavy (non-hydrogen) atoms. The maximum absolute atomic E-state index is 12.3. The van der Waals surface area contributed by atoms with E-state index in [1.54, 1.807) is 24.4 Å². The zero-order valence-corrected chi connectivity index (χ0v) is 14.0. The van der Waals surface area contributed by atoms with Crippen LogP contribution in [0.4, 0.5) is 13.2 Å². The molecule has 0 radical (unpaired) electrons. The number of pyridine rings is 1. The summed E-state index contributed by atoms with van der Waals surface area (Å²) in [6.45, 7) is 2.03. The van der Waals surface area contributed by atoms with Gasteiger partial charge in [0.25, 0.3) is 0 Å². The number of alkyl halides is 3. The third kappa shape index (κ3) is 4.04. The van der Waals surface area contributed by atoms with Crippen LogP contribution in [0.5, 0.6) is 5.75 Å². The van der Waals surface area contributed by atoms with Crippen LogP contribution in [0, 0.1) is 5.92 Å². The second-order valence-corrected chi connectivity index (χ2v) is 5.99. The lowest BCUT2D eigenvalue weighted by molar-refractivity contribution is -0.274. The van der Waals surface area contributed by atoms with Crippen molar-refractivity contribution in [1.29, 1.82) is 0 Å². The Bertz CT molecular complexity index is 760. The number of aromatic nitrogens is 1. The highest BCUT2D eigenvalue weighted by Gasteiger charge is 2.33. The minimum atomic E-state index is -4.70. The first-order chi connectivity index (χ1) is 11.9. The summed E-state index contributed by atoms with van der Waals surface area (Å²) in [5.41, 5.74) is 5.58. The predicted octanol–water partition coefficient (Wildman–Crippen LogP) is 4.71. The van der Waals surface area contributed by atoms with Gasteiger partial charge in [-0.1, -0.05) is 24.6 Å². The Balaban J connectivity index is 1.79. The van der Waals surface area contributed by atoms with Crippen LogP contribution in [-0.2, 0) is 0 Å². The topological polar surface area (TPSA) is 46.5 Å². The monoisotopic (exact) mass is 369 g/mol. The molecule has 0 fully saturated rings. The molecule has 2 unspecified atom stereocenters. The number of halogens is 4. The number of hydrazone groups is 1. The van der Waals surface area contributed by atoms with Crippen LogP contribution in [-0.4, -0.2) is 17.1 Å². The minimum Gasteiger partial charge on any atom is -0.406 e. The molecule has 1 aromatic heterocycles. The van der Waals surface area contributed by atoms with Gasteiger partial charge in [0, 0.05) is 12.1 Å². The second-order valence-electron chi connectivity index (χ2n) is 5.60. The van der Waals surface area contributed by atoms with E-state index in [0.29, 0.717) is 5.15 Å². The fraction of sp³-hybridized carbons (Fsp3) is 0.294. The molecule has 4 nitrogen and oxygen atoms in total. The average Bonchev–Trinajstić information content (AvgIpc) is 2.98. The minimum absolute atomic E-state index is 0.0594. The Morgan fingerprint density at radius 2 is 1.88 bits per heavy atom. The van der Waals surface area contributed by atoms with Gasteiger partial charge >= 0.3 is 6.36 Å². The zero-order valence-electron chi connectivity index (χ0n) is 13.2. The highest BCUT2D eigenvalue weighted by Crippen LogP contribution is 2.33. The predicted molar refractivity (Wildman–Crippen MR) is 88.6 cm³/mol. The number of hydrogen-bond donors (Lipinski definition) is 1. The normalized spacial score (nSPS) is 20.1. The van der Waals surface area contributed by atoms with Crippen molar-refractivity contribution in [2.75, 3.05) is 0 Å². The van der Waals surface area contributed by atoms with Gasteiger partial charge in [-0.15, -0.1) is 13.2 Å². The molecule has 0 aliphatic carbocycles. The van der Waals surface area contributed by atoms with Gasteiger partial charge in [-0.25, -0.2) is 4.98 Å². The summed E-state index contributed by atoms with van der Waals surface area (Å²) in [6, 6.07) is 9.26. The molecule has 2 aromatic rings. The molecule has 1 aromatic carbocycles. The Hall–Kier alpha value is -2.28. The van der Waals surface area contributed by atoms with Crippen molar-refractivity contribution in [2.45, 2.75) is 25.7 Å². The molecule has 1 N–H and O–H groups in total. The van der Waals surface area contributed by atoms with Gasteiger partial charge in [0.2, 0.25) is 0 Å². The fourth-order valence-electron chi connectivity index (χ4n) is 2.88. The molecule has 2 heterocycles. The zero-order chi connectivity index (χ0) is 18.0. The Labute approximate surface area is 147 Å². The molecule has 0 amide bonds. The van der Waals surface area contributed by atoms with Crippen LogP contribution in [0.15, 0.2) is 47.7 Å². The third-order valence-corrected chi connectivity index (χ3v) is 4.23. The first kappa shape index (κ1) is 17.5. The lowest BCUT2D eigenvalue weighted by Crippen LogP contribution is -2.21. The fourth-order valence-corrected chi connectivity index (χ4v) is 2.99. The number of nitrogens with zero attached hydrogens (tertiary/aromatic N) is 2. The second kappa shape index (κ2) is 6.92. The molecule has 0 saturated carbocycles. The standard InChI is InChI=1S/C17H15ClF3N3O/c1-2-13-15(10-3-6-12(7-4-10)25-17(19,20)21)23-24-16(13)11-5-8-14(18)22-9-11/h3-9,13,16,24H,2H2,1H3. The molecular formula is C17H15ClF3N3O. The number of benzene rings is 1. The summed E-state index contributed by atoms with van der Waals surface area (Å²) >= 11 is 5.82. The van der Waals surface area contributed by atoms with Crippen molar-refractivity contribution in [1.82, 2.24) is 10.4 Å². The van der Waals surface area contributed by atoms with Crippen molar-refractivity contribution in [3.8, 4) is 5.75 Å². The van der Waals surface area contributed by atoms with E-state index in [1.807, 2.05) is 13.0 Å². The van der Waals surface area contributed by atoms with E-state index >= 15 is 0 Å². The lowest BCUT2D eigenvalue weighted by atomic mass is 9.86. The van der Waals surface area contributed by atoms with E-state index in [0.717, 1.165) is 23.3 Å². The molecule has 0 bridgehead atoms. The van der Waals surface area contributed by atoms with E-state index in [-0.39, 0.29) is 17.7 Å². The average molecular weight is 370 g/mol. The van der Waals surface area contributed by atoms with Crippen LogP contribution in [0.25, 0.3) is 0 Å². The highest BCUT2D eigenvalue weighted by molar-refractivity contribution is 6.29. The lowest BCUT2D eigenvalue weighted by Gasteiger charge is -2.19. The molecular weight excluding hydrogens is 355 g/mol. The number of hydrogen-bond acceptors (Lipinski definition) is 4. The molecule has 8 heteroatoms.